The molecule has 0 radical (unpaired) electrons. The number of rotatable bonds is 1. The number of fused-ring (bicyclic) bond motifs is 1. The first kappa shape index (κ1) is 12.1. The summed E-state index contributed by atoms with van der Waals surface area (Å²) in [5, 5.41) is 1.65. The third kappa shape index (κ3) is 2.08. The molecule has 0 amide bonds. The number of hydrogen-bond acceptors (Lipinski definition) is 4. The first-order chi connectivity index (χ1) is 9.04. The standard InChI is InChI=1S/C15H13NO2S/c1-8-4-5-11-7-12(15(17)18-13(11)6-8)14-16-9(2)10(3)19-14/h4-7H,1-3H3. The average molecular weight is 271 g/mol. The minimum atomic E-state index is -0.327. The quantitative estimate of drug-likeness (QED) is 0.631. The highest BCUT2D eigenvalue weighted by Gasteiger charge is 2.12. The summed E-state index contributed by atoms with van der Waals surface area (Å²) in [5.74, 6) is 0. The van der Waals surface area contributed by atoms with Gasteiger partial charge in [0.1, 0.15) is 10.6 Å². The van der Waals surface area contributed by atoms with Gasteiger partial charge < -0.3 is 4.42 Å². The second-order valence-corrected chi connectivity index (χ2v) is 5.85. The fourth-order valence-electron chi connectivity index (χ4n) is 1.96. The summed E-state index contributed by atoms with van der Waals surface area (Å²) in [7, 11) is 0. The van der Waals surface area contributed by atoms with Gasteiger partial charge in [0.2, 0.25) is 0 Å². The van der Waals surface area contributed by atoms with E-state index in [4.69, 9.17) is 4.42 Å². The average Bonchev–Trinajstić information content (AvgIpc) is 2.68. The molecule has 4 heteroatoms. The Kier molecular flexibility index (Phi) is 2.75. The lowest BCUT2D eigenvalue weighted by atomic mass is 10.1. The van der Waals surface area contributed by atoms with Crippen molar-refractivity contribution in [1.29, 1.82) is 0 Å². The maximum Gasteiger partial charge on any atom is 0.346 e. The Labute approximate surface area is 114 Å². The molecule has 0 saturated heterocycles. The molecule has 3 rings (SSSR count). The normalized spacial score (nSPS) is 11.1. The van der Waals surface area contributed by atoms with E-state index in [2.05, 4.69) is 4.98 Å². The van der Waals surface area contributed by atoms with E-state index >= 15 is 0 Å². The summed E-state index contributed by atoms with van der Waals surface area (Å²) in [5.41, 5.74) is 2.87. The smallest absolute Gasteiger partial charge is 0.346 e. The van der Waals surface area contributed by atoms with Crippen molar-refractivity contribution >= 4 is 22.3 Å². The summed E-state index contributed by atoms with van der Waals surface area (Å²) in [6.45, 7) is 5.92. The third-order valence-electron chi connectivity index (χ3n) is 3.15. The van der Waals surface area contributed by atoms with Gasteiger partial charge in [-0.05, 0) is 38.5 Å². The molecule has 0 aliphatic carbocycles. The topological polar surface area (TPSA) is 43.1 Å². The molecule has 19 heavy (non-hydrogen) atoms. The van der Waals surface area contributed by atoms with Crippen molar-refractivity contribution in [2.24, 2.45) is 0 Å². The Bertz CT molecular complexity index is 810. The van der Waals surface area contributed by atoms with Crippen LogP contribution in [0.2, 0.25) is 0 Å². The molecule has 0 spiro atoms. The van der Waals surface area contributed by atoms with Gasteiger partial charge in [-0.15, -0.1) is 11.3 Å². The number of aromatic nitrogens is 1. The van der Waals surface area contributed by atoms with E-state index in [1.54, 1.807) is 0 Å². The highest BCUT2D eigenvalue weighted by Crippen LogP contribution is 2.27. The molecule has 0 saturated carbocycles. The summed E-state index contributed by atoms with van der Waals surface area (Å²) < 4.78 is 5.39. The zero-order valence-corrected chi connectivity index (χ0v) is 11.8. The second kappa shape index (κ2) is 4.31. The monoisotopic (exact) mass is 271 g/mol. The maximum absolute atomic E-state index is 12.1. The molecule has 0 aliphatic heterocycles. The summed E-state index contributed by atoms with van der Waals surface area (Å²) in [4.78, 5) is 17.6. The summed E-state index contributed by atoms with van der Waals surface area (Å²) in [6, 6.07) is 7.70. The van der Waals surface area contributed by atoms with Crippen LogP contribution in [0.1, 0.15) is 16.1 Å². The van der Waals surface area contributed by atoms with Gasteiger partial charge in [-0.1, -0.05) is 12.1 Å². The Hall–Kier alpha value is -1.94. The molecule has 0 atom stereocenters. The first-order valence-electron chi connectivity index (χ1n) is 6.03. The van der Waals surface area contributed by atoms with Crippen LogP contribution >= 0.6 is 11.3 Å². The SMILES string of the molecule is Cc1ccc2cc(-c3nc(C)c(C)s3)c(=O)oc2c1. The molecular weight excluding hydrogens is 258 g/mol. The van der Waals surface area contributed by atoms with Crippen LogP contribution in [0.3, 0.4) is 0 Å². The number of benzene rings is 1. The molecule has 2 aromatic heterocycles. The highest BCUT2D eigenvalue weighted by molar-refractivity contribution is 7.15. The van der Waals surface area contributed by atoms with Crippen LogP contribution in [0.25, 0.3) is 21.5 Å². The minimum Gasteiger partial charge on any atom is -0.422 e. The predicted molar refractivity (Wildman–Crippen MR) is 77.8 cm³/mol. The van der Waals surface area contributed by atoms with E-state index in [-0.39, 0.29) is 5.63 Å². The summed E-state index contributed by atoms with van der Waals surface area (Å²) in [6.07, 6.45) is 0. The van der Waals surface area contributed by atoms with Crippen molar-refractivity contribution in [1.82, 2.24) is 4.98 Å². The van der Waals surface area contributed by atoms with Gasteiger partial charge in [-0.3, -0.25) is 0 Å². The van der Waals surface area contributed by atoms with Gasteiger partial charge >= 0.3 is 5.63 Å². The molecule has 3 nitrogen and oxygen atoms in total. The molecule has 3 aromatic rings. The largest absolute Gasteiger partial charge is 0.422 e. The fourth-order valence-corrected chi connectivity index (χ4v) is 2.87. The zero-order chi connectivity index (χ0) is 13.6. The van der Waals surface area contributed by atoms with Gasteiger partial charge in [0.15, 0.2) is 0 Å². The van der Waals surface area contributed by atoms with Crippen molar-refractivity contribution in [2.75, 3.05) is 0 Å². The number of aryl methyl sites for hydroxylation is 3. The fraction of sp³-hybridized carbons (Fsp3) is 0.200. The van der Waals surface area contributed by atoms with Crippen LogP contribution in [0, 0.1) is 20.8 Å². The van der Waals surface area contributed by atoms with Gasteiger partial charge in [0.05, 0.1) is 11.3 Å². The molecule has 0 unspecified atom stereocenters. The van der Waals surface area contributed by atoms with E-state index in [1.807, 2.05) is 45.0 Å². The molecule has 0 bridgehead atoms. The Morgan fingerprint density at radius 2 is 1.95 bits per heavy atom. The Balaban J connectivity index is 2.27. The molecule has 0 fully saturated rings. The first-order valence-corrected chi connectivity index (χ1v) is 6.85. The van der Waals surface area contributed by atoms with E-state index in [9.17, 15) is 4.79 Å². The van der Waals surface area contributed by atoms with Gasteiger partial charge in [0, 0.05) is 10.3 Å². The highest BCUT2D eigenvalue weighted by atomic mass is 32.1. The van der Waals surface area contributed by atoms with E-state index in [1.165, 1.54) is 11.3 Å². The minimum absolute atomic E-state index is 0.327. The third-order valence-corrected chi connectivity index (χ3v) is 4.26. The Morgan fingerprint density at radius 3 is 2.63 bits per heavy atom. The lowest BCUT2D eigenvalue weighted by Gasteiger charge is -2.00. The van der Waals surface area contributed by atoms with Gasteiger partial charge in [-0.2, -0.15) is 0 Å². The lowest BCUT2D eigenvalue weighted by Crippen LogP contribution is -2.02. The van der Waals surface area contributed by atoms with Crippen molar-refractivity contribution in [3.05, 3.63) is 50.8 Å². The van der Waals surface area contributed by atoms with Crippen LogP contribution in [0.5, 0.6) is 0 Å². The van der Waals surface area contributed by atoms with Crippen LogP contribution in [-0.2, 0) is 0 Å². The van der Waals surface area contributed by atoms with Crippen LogP contribution in [0.15, 0.2) is 33.5 Å². The van der Waals surface area contributed by atoms with Gasteiger partial charge in [-0.25, -0.2) is 9.78 Å². The molecule has 1 aromatic carbocycles. The van der Waals surface area contributed by atoms with Crippen LogP contribution < -0.4 is 5.63 Å². The Morgan fingerprint density at radius 1 is 1.16 bits per heavy atom. The van der Waals surface area contributed by atoms with Crippen molar-refractivity contribution in [3.8, 4) is 10.6 Å². The molecule has 96 valence electrons. The van der Waals surface area contributed by atoms with E-state index in [0.717, 1.165) is 26.5 Å². The molecule has 0 aliphatic rings. The molecule has 0 N–H and O–H groups in total. The lowest BCUT2D eigenvalue weighted by molar-refractivity contribution is 0.563. The van der Waals surface area contributed by atoms with Crippen molar-refractivity contribution in [2.45, 2.75) is 20.8 Å². The van der Waals surface area contributed by atoms with Gasteiger partial charge in [0.25, 0.3) is 0 Å². The van der Waals surface area contributed by atoms with E-state index in [0.29, 0.717) is 11.1 Å². The number of thiazole rings is 1. The number of nitrogens with zero attached hydrogens (tertiary/aromatic N) is 1. The van der Waals surface area contributed by atoms with E-state index < -0.39 is 0 Å². The number of hydrogen-bond donors (Lipinski definition) is 0. The van der Waals surface area contributed by atoms with Crippen molar-refractivity contribution in [3.63, 3.8) is 0 Å². The molecular formula is C15H13NO2S. The molecule has 2 heterocycles. The van der Waals surface area contributed by atoms with Crippen LogP contribution in [-0.4, -0.2) is 4.98 Å². The zero-order valence-electron chi connectivity index (χ0n) is 11.0. The van der Waals surface area contributed by atoms with Crippen molar-refractivity contribution < 1.29 is 4.42 Å². The van der Waals surface area contributed by atoms with Crippen LogP contribution in [0.4, 0.5) is 0 Å². The summed E-state index contributed by atoms with van der Waals surface area (Å²) >= 11 is 1.52. The predicted octanol–water partition coefficient (Wildman–Crippen LogP) is 3.84. The maximum atomic E-state index is 12.1. The second-order valence-electron chi connectivity index (χ2n) is 4.65.